The lowest BCUT2D eigenvalue weighted by Crippen LogP contribution is -2.31. The zero-order valence-electron chi connectivity index (χ0n) is 16.2. The van der Waals surface area contributed by atoms with E-state index in [4.69, 9.17) is 14.2 Å². The van der Waals surface area contributed by atoms with E-state index < -0.39 is 0 Å². The monoisotopic (exact) mass is 375 g/mol. The quantitative estimate of drug-likeness (QED) is 0.672. The summed E-state index contributed by atoms with van der Waals surface area (Å²) in [6.45, 7) is 0.268. The van der Waals surface area contributed by atoms with Gasteiger partial charge in [0, 0.05) is 13.0 Å². The summed E-state index contributed by atoms with van der Waals surface area (Å²) in [5.74, 6) is 2.79. The first kappa shape index (κ1) is 19.5. The van der Waals surface area contributed by atoms with E-state index in [1.807, 2.05) is 18.2 Å². The number of methoxy groups -OCH3 is 2. The van der Waals surface area contributed by atoms with E-state index in [9.17, 15) is 9.59 Å². The number of esters is 1. The van der Waals surface area contributed by atoms with Gasteiger partial charge in [0.15, 0.2) is 18.1 Å². The summed E-state index contributed by atoms with van der Waals surface area (Å²) in [6.07, 6.45) is 6.11. The fraction of sp³-hybridized carbons (Fsp3) is 0.619. The average Bonchev–Trinajstić information content (AvgIpc) is 3.29. The van der Waals surface area contributed by atoms with E-state index in [0.717, 1.165) is 17.9 Å². The summed E-state index contributed by atoms with van der Waals surface area (Å²) < 4.78 is 15.6. The fourth-order valence-corrected chi connectivity index (χ4v) is 4.48. The molecule has 0 spiro atoms. The van der Waals surface area contributed by atoms with Gasteiger partial charge in [0.1, 0.15) is 0 Å². The van der Waals surface area contributed by atoms with Crippen molar-refractivity contribution in [3.8, 4) is 11.5 Å². The number of nitrogens with one attached hydrogen (secondary N) is 1. The minimum Gasteiger partial charge on any atom is -0.493 e. The van der Waals surface area contributed by atoms with Crippen LogP contribution in [0.3, 0.4) is 0 Å². The lowest BCUT2D eigenvalue weighted by molar-refractivity contribution is -0.149. The Labute approximate surface area is 160 Å². The number of carbonyl (C=O) groups is 2. The van der Waals surface area contributed by atoms with Crippen LogP contribution in [-0.4, -0.2) is 39.2 Å². The molecule has 2 fully saturated rings. The third-order valence-electron chi connectivity index (χ3n) is 5.86. The van der Waals surface area contributed by atoms with Crippen LogP contribution in [0, 0.1) is 17.8 Å². The lowest BCUT2D eigenvalue weighted by Gasteiger charge is -2.20. The molecule has 1 aromatic rings. The third kappa shape index (κ3) is 5.15. The van der Waals surface area contributed by atoms with Crippen LogP contribution in [0.4, 0.5) is 0 Å². The van der Waals surface area contributed by atoms with Gasteiger partial charge in [-0.2, -0.15) is 0 Å². The highest BCUT2D eigenvalue weighted by atomic mass is 16.5. The van der Waals surface area contributed by atoms with Crippen molar-refractivity contribution in [1.29, 1.82) is 0 Å². The molecule has 2 aliphatic carbocycles. The van der Waals surface area contributed by atoms with Crippen LogP contribution in [-0.2, 0) is 20.7 Å². The van der Waals surface area contributed by atoms with Crippen LogP contribution >= 0.6 is 0 Å². The number of hydrogen-bond donors (Lipinski definition) is 1. The van der Waals surface area contributed by atoms with Gasteiger partial charge in [-0.05, 0) is 61.1 Å². The van der Waals surface area contributed by atoms with Gasteiger partial charge >= 0.3 is 5.97 Å². The summed E-state index contributed by atoms with van der Waals surface area (Å²) in [4.78, 5) is 23.9. The van der Waals surface area contributed by atoms with E-state index in [1.54, 1.807) is 14.2 Å². The van der Waals surface area contributed by atoms with Crippen molar-refractivity contribution in [2.45, 2.75) is 38.5 Å². The molecule has 2 saturated carbocycles. The van der Waals surface area contributed by atoms with Crippen LogP contribution in [0.25, 0.3) is 0 Å². The second-order valence-electron chi connectivity index (χ2n) is 7.59. The molecule has 3 atom stereocenters. The Balaban J connectivity index is 1.33. The maximum atomic E-state index is 12.0. The lowest BCUT2D eigenvalue weighted by atomic mass is 9.86. The summed E-state index contributed by atoms with van der Waals surface area (Å²) in [5, 5.41) is 2.79. The largest absolute Gasteiger partial charge is 0.493 e. The van der Waals surface area contributed by atoms with Crippen molar-refractivity contribution in [1.82, 2.24) is 5.32 Å². The predicted molar refractivity (Wildman–Crippen MR) is 101 cm³/mol. The summed E-state index contributed by atoms with van der Waals surface area (Å²) in [5.41, 5.74) is 1.03. The van der Waals surface area contributed by atoms with E-state index in [0.29, 0.717) is 42.7 Å². The van der Waals surface area contributed by atoms with Gasteiger partial charge in [0.25, 0.3) is 5.91 Å². The van der Waals surface area contributed by atoms with Gasteiger partial charge in [-0.15, -0.1) is 0 Å². The van der Waals surface area contributed by atoms with E-state index in [2.05, 4.69) is 5.32 Å². The number of benzene rings is 1. The second-order valence-corrected chi connectivity index (χ2v) is 7.59. The first-order valence-electron chi connectivity index (χ1n) is 9.72. The molecule has 0 saturated heterocycles. The molecule has 0 aromatic heterocycles. The number of amides is 1. The molecule has 2 aliphatic rings. The van der Waals surface area contributed by atoms with Gasteiger partial charge in [0.2, 0.25) is 0 Å². The van der Waals surface area contributed by atoms with Crippen LogP contribution in [0.15, 0.2) is 18.2 Å². The number of carbonyl (C=O) groups excluding carboxylic acids is 2. The van der Waals surface area contributed by atoms with Gasteiger partial charge in [0.05, 0.1) is 14.2 Å². The maximum absolute atomic E-state index is 12.0. The number of rotatable bonds is 9. The topological polar surface area (TPSA) is 73.9 Å². The Morgan fingerprint density at radius 1 is 1.11 bits per heavy atom. The average molecular weight is 375 g/mol. The molecular formula is C21H29NO5. The van der Waals surface area contributed by atoms with Gasteiger partial charge in [-0.1, -0.05) is 12.5 Å². The SMILES string of the molecule is COc1ccc(CCNC(=O)COC(=O)C[C@H]2C[C@H]3CC[C@@H]2C3)cc1OC. The van der Waals surface area contributed by atoms with Crippen LogP contribution in [0.1, 0.15) is 37.7 Å². The molecule has 3 rings (SSSR count). The molecule has 27 heavy (non-hydrogen) atoms. The highest BCUT2D eigenvalue weighted by Crippen LogP contribution is 2.49. The summed E-state index contributed by atoms with van der Waals surface area (Å²) in [7, 11) is 3.19. The van der Waals surface area contributed by atoms with Crippen molar-refractivity contribution in [3.63, 3.8) is 0 Å². The Morgan fingerprint density at radius 2 is 1.93 bits per heavy atom. The van der Waals surface area contributed by atoms with Crippen LogP contribution < -0.4 is 14.8 Å². The van der Waals surface area contributed by atoms with Crippen molar-refractivity contribution >= 4 is 11.9 Å². The molecule has 1 amide bonds. The van der Waals surface area contributed by atoms with Crippen molar-refractivity contribution < 1.29 is 23.8 Å². The molecular weight excluding hydrogens is 346 g/mol. The summed E-state index contributed by atoms with van der Waals surface area (Å²) in [6, 6.07) is 5.66. The fourth-order valence-electron chi connectivity index (χ4n) is 4.48. The highest BCUT2D eigenvalue weighted by Gasteiger charge is 2.40. The van der Waals surface area contributed by atoms with Gasteiger partial charge in [-0.3, -0.25) is 9.59 Å². The molecule has 2 bridgehead atoms. The molecule has 0 unspecified atom stereocenters. The predicted octanol–water partition coefficient (Wildman–Crippen LogP) is 2.73. The van der Waals surface area contributed by atoms with E-state index in [1.165, 1.54) is 19.3 Å². The number of ether oxygens (including phenoxy) is 3. The van der Waals surface area contributed by atoms with Crippen molar-refractivity contribution in [2.75, 3.05) is 27.4 Å². The summed E-state index contributed by atoms with van der Waals surface area (Å²) >= 11 is 0. The van der Waals surface area contributed by atoms with Crippen molar-refractivity contribution in [2.24, 2.45) is 17.8 Å². The number of hydrogen-bond acceptors (Lipinski definition) is 5. The first-order valence-corrected chi connectivity index (χ1v) is 9.72. The van der Waals surface area contributed by atoms with Gasteiger partial charge in [-0.25, -0.2) is 0 Å². The maximum Gasteiger partial charge on any atom is 0.306 e. The Kier molecular flexibility index (Phi) is 6.58. The number of fused-ring (bicyclic) bond motifs is 2. The zero-order valence-corrected chi connectivity index (χ0v) is 16.2. The molecule has 0 heterocycles. The van der Waals surface area contributed by atoms with Gasteiger partial charge < -0.3 is 19.5 Å². The first-order chi connectivity index (χ1) is 13.1. The Morgan fingerprint density at radius 3 is 2.59 bits per heavy atom. The highest BCUT2D eigenvalue weighted by molar-refractivity contribution is 5.80. The molecule has 6 nitrogen and oxygen atoms in total. The minimum atomic E-state index is -0.267. The molecule has 148 valence electrons. The molecule has 0 aliphatic heterocycles. The molecule has 0 radical (unpaired) electrons. The Hall–Kier alpha value is -2.24. The smallest absolute Gasteiger partial charge is 0.306 e. The van der Waals surface area contributed by atoms with Crippen LogP contribution in [0.2, 0.25) is 0 Å². The van der Waals surface area contributed by atoms with Crippen molar-refractivity contribution in [3.05, 3.63) is 23.8 Å². The molecule has 6 heteroatoms. The molecule has 1 N–H and O–H groups in total. The normalized spacial score (nSPS) is 23.1. The van der Waals surface area contributed by atoms with Crippen LogP contribution in [0.5, 0.6) is 11.5 Å². The zero-order chi connectivity index (χ0) is 19.2. The van der Waals surface area contributed by atoms with E-state index in [-0.39, 0.29) is 18.5 Å². The molecule has 1 aromatic carbocycles. The third-order valence-corrected chi connectivity index (χ3v) is 5.86. The van der Waals surface area contributed by atoms with E-state index >= 15 is 0 Å². The standard InChI is InChI=1S/C21H29NO5/c1-25-18-6-4-14(11-19(18)26-2)7-8-22-20(23)13-27-21(24)12-17-10-15-3-5-16(17)9-15/h4,6,11,15-17H,3,5,7-10,12-13H2,1-2H3,(H,22,23)/t15-,16+,17+/m0/s1. The minimum absolute atomic E-state index is 0.203. The second kappa shape index (κ2) is 9.11. The Bertz CT molecular complexity index is 675.